The lowest BCUT2D eigenvalue weighted by Crippen LogP contribution is -2.44. The molecule has 0 saturated carbocycles. The van der Waals surface area contributed by atoms with E-state index in [1.54, 1.807) is 0 Å². The Bertz CT molecular complexity index is 482. The van der Waals surface area contributed by atoms with E-state index in [0.29, 0.717) is 6.04 Å². The Labute approximate surface area is 122 Å². The van der Waals surface area contributed by atoms with Crippen molar-refractivity contribution < 1.29 is 0 Å². The van der Waals surface area contributed by atoms with E-state index in [1.165, 1.54) is 5.56 Å². The molecule has 108 valence electrons. The molecule has 4 nitrogen and oxygen atoms in total. The molecule has 0 aliphatic carbocycles. The molecule has 4 heteroatoms. The smallest absolute Gasteiger partial charge is 0.101 e. The summed E-state index contributed by atoms with van der Waals surface area (Å²) >= 11 is 0. The number of hydrogen-bond acceptors (Lipinski definition) is 4. The van der Waals surface area contributed by atoms with Gasteiger partial charge in [0.1, 0.15) is 6.07 Å². The molecule has 2 rings (SSSR count). The number of rotatable bonds is 4. The summed E-state index contributed by atoms with van der Waals surface area (Å²) in [5, 5.41) is 12.8. The summed E-state index contributed by atoms with van der Waals surface area (Å²) in [5.74, 6) is 0. The maximum Gasteiger partial charge on any atom is 0.101 e. The third-order valence-electron chi connectivity index (χ3n) is 3.74. The second-order valence-electron chi connectivity index (χ2n) is 5.79. The second-order valence-corrected chi connectivity index (χ2v) is 5.79. The molecule has 0 atom stereocenters. The summed E-state index contributed by atoms with van der Waals surface area (Å²) < 4.78 is 0. The van der Waals surface area contributed by atoms with Crippen molar-refractivity contribution in [1.82, 2.24) is 10.2 Å². The Balaban J connectivity index is 2.12. The highest BCUT2D eigenvalue weighted by Gasteiger charge is 2.17. The lowest BCUT2D eigenvalue weighted by molar-refractivity contribution is 0.313. The van der Waals surface area contributed by atoms with E-state index in [4.69, 9.17) is 0 Å². The molecule has 0 bridgehead atoms. The van der Waals surface area contributed by atoms with Crippen LogP contribution in [0.2, 0.25) is 0 Å². The molecule has 1 heterocycles. The maximum atomic E-state index is 9.40. The van der Waals surface area contributed by atoms with Crippen LogP contribution in [-0.2, 0) is 6.54 Å². The van der Waals surface area contributed by atoms with Gasteiger partial charge < -0.3 is 15.1 Å². The predicted molar refractivity (Wildman–Crippen MR) is 82.8 cm³/mol. The lowest BCUT2D eigenvalue weighted by Gasteiger charge is -2.34. The standard InChI is InChI=1S/C16H24N4/c1-13(2)18-12-14-4-5-16(15(10-14)11-17)20-8-6-19(3)7-9-20/h4-5,10,13,18H,6-9,12H2,1-3H3. The van der Waals surface area contributed by atoms with Gasteiger partial charge in [-0.05, 0) is 24.7 Å². The molecule has 1 N–H and O–H groups in total. The topological polar surface area (TPSA) is 42.3 Å². The number of anilines is 1. The Hall–Kier alpha value is -1.57. The Morgan fingerprint density at radius 3 is 2.55 bits per heavy atom. The summed E-state index contributed by atoms with van der Waals surface area (Å²) in [7, 11) is 2.14. The molecule has 20 heavy (non-hydrogen) atoms. The molecular weight excluding hydrogens is 248 g/mol. The lowest BCUT2D eigenvalue weighted by atomic mass is 10.1. The van der Waals surface area contributed by atoms with E-state index in [2.05, 4.69) is 54.2 Å². The Morgan fingerprint density at radius 2 is 1.95 bits per heavy atom. The van der Waals surface area contributed by atoms with Crippen LogP contribution < -0.4 is 10.2 Å². The Morgan fingerprint density at radius 1 is 1.25 bits per heavy atom. The van der Waals surface area contributed by atoms with Crippen LogP contribution in [-0.4, -0.2) is 44.2 Å². The number of nitrogens with zero attached hydrogens (tertiary/aromatic N) is 3. The van der Waals surface area contributed by atoms with E-state index >= 15 is 0 Å². The van der Waals surface area contributed by atoms with Gasteiger partial charge in [0.2, 0.25) is 0 Å². The summed E-state index contributed by atoms with van der Waals surface area (Å²) in [4.78, 5) is 4.64. The van der Waals surface area contributed by atoms with Gasteiger partial charge in [0, 0.05) is 38.8 Å². The normalized spacial score (nSPS) is 16.4. The van der Waals surface area contributed by atoms with Crippen molar-refractivity contribution in [3.05, 3.63) is 29.3 Å². The van der Waals surface area contributed by atoms with Gasteiger partial charge in [0.25, 0.3) is 0 Å². The largest absolute Gasteiger partial charge is 0.368 e. The van der Waals surface area contributed by atoms with Crippen LogP contribution in [0.5, 0.6) is 0 Å². The number of hydrogen-bond donors (Lipinski definition) is 1. The minimum Gasteiger partial charge on any atom is -0.368 e. The highest BCUT2D eigenvalue weighted by molar-refractivity contribution is 5.60. The number of benzene rings is 1. The average Bonchev–Trinajstić information content (AvgIpc) is 2.45. The van der Waals surface area contributed by atoms with Crippen LogP contribution in [0.3, 0.4) is 0 Å². The maximum absolute atomic E-state index is 9.40. The first-order chi connectivity index (χ1) is 9.60. The van der Waals surface area contributed by atoms with Crippen LogP contribution in [0, 0.1) is 11.3 Å². The highest BCUT2D eigenvalue weighted by Crippen LogP contribution is 2.22. The molecule has 1 aliphatic rings. The van der Waals surface area contributed by atoms with E-state index in [-0.39, 0.29) is 0 Å². The van der Waals surface area contributed by atoms with Crippen molar-refractivity contribution in [2.75, 3.05) is 38.1 Å². The van der Waals surface area contributed by atoms with E-state index in [0.717, 1.165) is 44.0 Å². The second kappa shape index (κ2) is 6.74. The quantitative estimate of drug-likeness (QED) is 0.907. The van der Waals surface area contributed by atoms with Crippen molar-refractivity contribution in [3.8, 4) is 6.07 Å². The molecule has 1 aromatic carbocycles. The van der Waals surface area contributed by atoms with Gasteiger partial charge in [0.05, 0.1) is 11.3 Å². The fraction of sp³-hybridized carbons (Fsp3) is 0.562. The van der Waals surface area contributed by atoms with Crippen LogP contribution >= 0.6 is 0 Å². The van der Waals surface area contributed by atoms with Crippen LogP contribution in [0.4, 0.5) is 5.69 Å². The van der Waals surface area contributed by atoms with Gasteiger partial charge in [-0.3, -0.25) is 0 Å². The number of likely N-dealkylation sites (N-methyl/N-ethyl adjacent to an activating group) is 1. The molecule has 0 spiro atoms. The monoisotopic (exact) mass is 272 g/mol. The van der Waals surface area contributed by atoms with Gasteiger partial charge in [0.15, 0.2) is 0 Å². The third-order valence-corrected chi connectivity index (χ3v) is 3.74. The number of nitrogens with one attached hydrogen (secondary N) is 1. The van der Waals surface area contributed by atoms with Gasteiger partial charge in [-0.15, -0.1) is 0 Å². The zero-order chi connectivity index (χ0) is 14.5. The zero-order valence-corrected chi connectivity index (χ0v) is 12.7. The molecule has 1 aliphatic heterocycles. The van der Waals surface area contributed by atoms with Crippen molar-refractivity contribution >= 4 is 5.69 Å². The molecule has 0 unspecified atom stereocenters. The molecule has 0 radical (unpaired) electrons. The summed E-state index contributed by atoms with van der Waals surface area (Å²) in [6, 6.07) is 9.05. The van der Waals surface area contributed by atoms with Gasteiger partial charge in [-0.2, -0.15) is 5.26 Å². The van der Waals surface area contributed by atoms with Crippen molar-refractivity contribution in [1.29, 1.82) is 5.26 Å². The first kappa shape index (κ1) is 14.8. The van der Waals surface area contributed by atoms with Gasteiger partial charge in [-0.1, -0.05) is 19.9 Å². The van der Waals surface area contributed by atoms with E-state index in [9.17, 15) is 5.26 Å². The number of nitriles is 1. The van der Waals surface area contributed by atoms with E-state index < -0.39 is 0 Å². The van der Waals surface area contributed by atoms with Crippen LogP contribution in [0.15, 0.2) is 18.2 Å². The summed E-state index contributed by atoms with van der Waals surface area (Å²) in [6.45, 7) is 9.18. The minimum absolute atomic E-state index is 0.456. The Kier molecular flexibility index (Phi) is 4.99. The molecule has 1 fully saturated rings. The first-order valence-electron chi connectivity index (χ1n) is 7.30. The fourth-order valence-corrected chi connectivity index (χ4v) is 2.43. The molecular formula is C16H24N4. The third kappa shape index (κ3) is 3.72. The van der Waals surface area contributed by atoms with E-state index in [1.807, 2.05) is 6.07 Å². The van der Waals surface area contributed by atoms with Gasteiger partial charge >= 0.3 is 0 Å². The van der Waals surface area contributed by atoms with Crippen molar-refractivity contribution in [2.45, 2.75) is 26.4 Å². The van der Waals surface area contributed by atoms with Crippen molar-refractivity contribution in [2.24, 2.45) is 0 Å². The molecule has 0 amide bonds. The zero-order valence-electron chi connectivity index (χ0n) is 12.7. The minimum atomic E-state index is 0.456. The van der Waals surface area contributed by atoms with Crippen LogP contribution in [0.25, 0.3) is 0 Å². The molecule has 1 saturated heterocycles. The summed E-state index contributed by atoms with van der Waals surface area (Å²) in [6.07, 6.45) is 0. The summed E-state index contributed by atoms with van der Waals surface area (Å²) in [5.41, 5.74) is 3.04. The molecule has 0 aromatic heterocycles. The number of piperazine rings is 1. The highest BCUT2D eigenvalue weighted by atomic mass is 15.2. The first-order valence-corrected chi connectivity index (χ1v) is 7.30. The predicted octanol–water partition coefficient (Wildman–Crippen LogP) is 1.81. The SMILES string of the molecule is CC(C)NCc1ccc(N2CCN(C)CC2)c(C#N)c1. The molecule has 1 aromatic rings. The fourth-order valence-electron chi connectivity index (χ4n) is 2.43. The van der Waals surface area contributed by atoms with Gasteiger partial charge in [-0.25, -0.2) is 0 Å². The average molecular weight is 272 g/mol. The van der Waals surface area contributed by atoms with Crippen molar-refractivity contribution in [3.63, 3.8) is 0 Å². The van der Waals surface area contributed by atoms with Crippen LogP contribution in [0.1, 0.15) is 25.0 Å².